The second kappa shape index (κ2) is 9.41. The fourth-order valence-corrected chi connectivity index (χ4v) is 4.86. The lowest BCUT2D eigenvalue weighted by molar-refractivity contribution is -0.142. The van der Waals surface area contributed by atoms with Gasteiger partial charge in [-0.25, -0.2) is 14.6 Å². The number of para-hydroxylation sites is 1. The van der Waals surface area contributed by atoms with Crippen molar-refractivity contribution in [3.8, 4) is 0 Å². The predicted octanol–water partition coefficient (Wildman–Crippen LogP) is 3.48. The molecule has 0 radical (unpaired) electrons. The normalized spacial score (nSPS) is 18.3. The van der Waals surface area contributed by atoms with Crippen molar-refractivity contribution in [1.82, 2.24) is 15.2 Å². The summed E-state index contributed by atoms with van der Waals surface area (Å²) in [6, 6.07) is 7.32. The van der Waals surface area contributed by atoms with Crippen molar-refractivity contribution in [2.24, 2.45) is 0 Å². The van der Waals surface area contributed by atoms with Crippen LogP contribution in [-0.4, -0.2) is 60.1 Å². The molecule has 0 aliphatic carbocycles. The Balaban J connectivity index is 1.65. The highest BCUT2D eigenvalue weighted by Gasteiger charge is 2.29. The number of aromatic nitrogens is 1. The number of urea groups is 1. The van der Waals surface area contributed by atoms with Gasteiger partial charge in [0, 0.05) is 19.0 Å². The lowest BCUT2D eigenvalue weighted by atomic mass is 9.99. The minimum atomic E-state index is -0.599. The summed E-state index contributed by atoms with van der Waals surface area (Å²) in [4.78, 5) is 31.2. The Morgan fingerprint density at radius 1 is 1.44 bits per heavy atom. The number of amides is 2. The Bertz CT molecular complexity index is 762. The third-order valence-electron chi connectivity index (χ3n) is 4.76. The summed E-state index contributed by atoms with van der Waals surface area (Å²) in [5, 5.41) is 3.94. The molecule has 1 N–H and O–H groups in total. The molecule has 2 heterocycles. The van der Waals surface area contributed by atoms with Crippen molar-refractivity contribution in [2.45, 2.75) is 31.2 Å². The van der Waals surface area contributed by atoms with E-state index in [4.69, 9.17) is 9.72 Å². The first kappa shape index (κ1) is 19.9. The van der Waals surface area contributed by atoms with E-state index in [0.29, 0.717) is 19.5 Å². The summed E-state index contributed by atoms with van der Waals surface area (Å²) in [5.74, 6) is 0.635. The Kier molecular flexibility index (Phi) is 6.95. The molecule has 8 heteroatoms. The summed E-state index contributed by atoms with van der Waals surface area (Å²) < 4.78 is 6.01. The zero-order valence-corrected chi connectivity index (χ0v) is 17.3. The van der Waals surface area contributed by atoms with Crippen LogP contribution >= 0.6 is 23.1 Å². The van der Waals surface area contributed by atoms with Gasteiger partial charge in [0.25, 0.3) is 0 Å². The van der Waals surface area contributed by atoms with E-state index in [2.05, 4.69) is 11.4 Å². The second-order valence-electron chi connectivity index (χ2n) is 6.61. The molecular weight excluding hydrogens is 382 g/mol. The number of fused-ring (bicyclic) bond motifs is 1. The number of methoxy groups -OCH3 is 1. The van der Waals surface area contributed by atoms with Crippen molar-refractivity contribution >= 4 is 45.3 Å². The van der Waals surface area contributed by atoms with E-state index < -0.39 is 12.0 Å². The van der Waals surface area contributed by atoms with Crippen LogP contribution in [0.1, 0.15) is 30.2 Å². The number of hydrogen-bond acceptors (Lipinski definition) is 6. The summed E-state index contributed by atoms with van der Waals surface area (Å²) >= 11 is 3.35. The third-order valence-corrected chi connectivity index (χ3v) is 6.61. The summed E-state index contributed by atoms with van der Waals surface area (Å²) in [6.45, 7) is 1.33. The fourth-order valence-electron chi connectivity index (χ4n) is 3.30. The largest absolute Gasteiger partial charge is 0.467 e. The van der Waals surface area contributed by atoms with Crippen molar-refractivity contribution < 1.29 is 14.3 Å². The molecule has 146 valence electrons. The predicted molar refractivity (Wildman–Crippen MR) is 111 cm³/mol. The number of carbonyl (C=O) groups is 2. The number of nitrogens with zero attached hydrogens (tertiary/aromatic N) is 2. The van der Waals surface area contributed by atoms with Crippen LogP contribution in [0.25, 0.3) is 10.2 Å². The number of rotatable bonds is 6. The summed E-state index contributed by atoms with van der Waals surface area (Å²) in [7, 11) is 1.35. The van der Waals surface area contributed by atoms with Crippen LogP contribution in [0.3, 0.4) is 0 Å². The number of piperidine rings is 1. The molecule has 0 bridgehead atoms. The SMILES string of the molecule is COC(=O)[C@H](CCSC)NC(=O)N1CCC[C@H](c2nc3ccccc3s2)C1. The van der Waals surface area contributed by atoms with E-state index in [9.17, 15) is 9.59 Å². The Morgan fingerprint density at radius 2 is 2.26 bits per heavy atom. The highest BCUT2D eigenvalue weighted by atomic mass is 32.2. The molecule has 1 aromatic carbocycles. The Hall–Kier alpha value is -1.80. The van der Waals surface area contributed by atoms with E-state index in [0.717, 1.165) is 29.1 Å². The number of hydrogen-bond donors (Lipinski definition) is 1. The lowest BCUT2D eigenvalue weighted by Crippen LogP contribution is -2.51. The molecule has 1 aromatic heterocycles. The number of nitrogens with one attached hydrogen (secondary N) is 1. The van der Waals surface area contributed by atoms with E-state index in [-0.39, 0.29) is 11.9 Å². The number of thiazole rings is 1. The first-order valence-electron chi connectivity index (χ1n) is 9.10. The van der Waals surface area contributed by atoms with Crippen LogP contribution in [0, 0.1) is 0 Å². The van der Waals surface area contributed by atoms with Crippen molar-refractivity contribution in [2.75, 3.05) is 32.2 Å². The molecule has 1 fully saturated rings. The summed E-state index contributed by atoms with van der Waals surface area (Å²) in [5.41, 5.74) is 1.02. The molecule has 0 spiro atoms. The first-order valence-corrected chi connectivity index (χ1v) is 11.3. The first-order chi connectivity index (χ1) is 13.1. The molecule has 2 atom stereocenters. The number of benzene rings is 1. The number of ether oxygens (including phenoxy) is 1. The van der Waals surface area contributed by atoms with Crippen LogP contribution in [-0.2, 0) is 9.53 Å². The fraction of sp³-hybridized carbons (Fsp3) is 0.526. The molecule has 1 aliphatic rings. The van der Waals surface area contributed by atoms with E-state index >= 15 is 0 Å². The smallest absolute Gasteiger partial charge is 0.328 e. The number of carbonyl (C=O) groups excluding carboxylic acids is 2. The summed E-state index contributed by atoms with van der Waals surface area (Å²) in [6.07, 6.45) is 4.50. The number of esters is 1. The second-order valence-corrected chi connectivity index (χ2v) is 8.66. The third kappa shape index (κ3) is 4.93. The Labute approximate surface area is 167 Å². The molecule has 2 amide bonds. The van der Waals surface area contributed by atoms with E-state index in [1.165, 1.54) is 11.8 Å². The van der Waals surface area contributed by atoms with Crippen molar-refractivity contribution in [3.63, 3.8) is 0 Å². The zero-order chi connectivity index (χ0) is 19.2. The maximum atomic E-state index is 12.7. The van der Waals surface area contributed by atoms with Crippen molar-refractivity contribution in [3.05, 3.63) is 29.3 Å². The minimum absolute atomic E-state index is 0.197. The Morgan fingerprint density at radius 3 is 3.00 bits per heavy atom. The molecule has 3 rings (SSSR count). The monoisotopic (exact) mass is 407 g/mol. The zero-order valence-electron chi connectivity index (χ0n) is 15.6. The minimum Gasteiger partial charge on any atom is -0.467 e. The molecular formula is C19H25N3O3S2. The maximum Gasteiger partial charge on any atom is 0.328 e. The molecule has 0 unspecified atom stereocenters. The standard InChI is InChI=1S/C19H25N3O3S2/c1-25-18(23)15(9-11-26-2)21-19(24)22-10-5-6-13(12-22)17-20-14-7-3-4-8-16(14)27-17/h3-4,7-8,13,15H,5-6,9-12H2,1-2H3,(H,21,24)/t13-,15-/m0/s1. The molecule has 1 aliphatic heterocycles. The topological polar surface area (TPSA) is 71.5 Å². The van der Waals surface area contributed by atoms with Gasteiger partial charge in [0.2, 0.25) is 0 Å². The van der Waals surface area contributed by atoms with Gasteiger partial charge < -0.3 is 15.0 Å². The molecule has 6 nitrogen and oxygen atoms in total. The van der Waals surface area contributed by atoms with Gasteiger partial charge in [0.05, 0.1) is 22.3 Å². The number of thioether (sulfide) groups is 1. The van der Waals surface area contributed by atoms with Gasteiger partial charge in [-0.3, -0.25) is 0 Å². The molecule has 2 aromatic rings. The van der Waals surface area contributed by atoms with Crippen LogP contribution in [0.4, 0.5) is 4.79 Å². The van der Waals surface area contributed by atoms with Crippen molar-refractivity contribution in [1.29, 1.82) is 0 Å². The maximum absolute atomic E-state index is 12.7. The van der Waals surface area contributed by atoms with Gasteiger partial charge >= 0.3 is 12.0 Å². The van der Waals surface area contributed by atoms with Gasteiger partial charge in [-0.15, -0.1) is 11.3 Å². The van der Waals surface area contributed by atoms with Gasteiger partial charge in [-0.1, -0.05) is 12.1 Å². The average molecular weight is 408 g/mol. The molecule has 27 heavy (non-hydrogen) atoms. The van der Waals surface area contributed by atoms with Gasteiger partial charge in [-0.2, -0.15) is 11.8 Å². The van der Waals surface area contributed by atoms with Gasteiger partial charge in [-0.05, 0) is 43.4 Å². The van der Waals surface area contributed by atoms with Crippen LogP contribution < -0.4 is 5.32 Å². The van der Waals surface area contributed by atoms with Gasteiger partial charge in [0.1, 0.15) is 6.04 Å². The average Bonchev–Trinajstić information content (AvgIpc) is 3.14. The van der Waals surface area contributed by atoms with Crippen LogP contribution in [0.5, 0.6) is 0 Å². The van der Waals surface area contributed by atoms with Crippen LogP contribution in [0.2, 0.25) is 0 Å². The molecule has 0 saturated carbocycles. The highest BCUT2D eigenvalue weighted by molar-refractivity contribution is 7.98. The molecule has 1 saturated heterocycles. The van der Waals surface area contributed by atoms with E-state index in [1.54, 1.807) is 28.0 Å². The van der Waals surface area contributed by atoms with Crippen LogP contribution in [0.15, 0.2) is 24.3 Å². The number of likely N-dealkylation sites (tertiary alicyclic amines) is 1. The highest BCUT2D eigenvalue weighted by Crippen LogP contribution is 2.32. The quantitative estimate of drug-likeness (QED) is 0.743. The lowest BCUT2D eigenvalue weighted by Gasteiger charge is -2.32. The van der Waals surface area contributed by atoms with Gasteiger partial charge in [0.15, 0.2) is 0 Å². The van der Waals surface area contributed by atoms with E-state index in [1.807, 2.05) is 24.5 Å².